The summed E-state index contributed by atoms with van der Waals surface area (Å²) < 4.78 is 10.6. The molecular weight excluding hydrogens is 244 g/mol. The Morgan fingerprint density at radius 1 is 1.28 bits per heavy atom. The second-order valence-corrected chi connectivity index (χ2v) is 11.2. The Morgan fingerprint density at radius 2 is 1.83 bits per heavy atom. The molecule has 0 bridgehead atoms. The van der Waals surface area contributed by atoms with E-state index in [2.05, 4.69) is 31.1 Å². The molecule has 0 aromatic rings. The first-order valence-corrected chi connectivity index (χ1v) is 9.83. The summed E-state index contributed by atoms with van der Waals surface area (Å²) in [5.41, 5.74) is 2.81. The Kier molecular flexibility index (Phi) is 6.65. The lowest BCUT2D eigenvalue weighted by atomic mass is 10.2. The van der Waals surface area contributed by atoms with Crippen LogP contribution in [0.2, 0.25) is 19.6 Å². The molecule has 0 spiro atoms. The van der Waals surface area contributed by atoms with Crippen LogP contribution in [0.1, 0.15) is 34.1 Å². The van der Waals surface area contributed by atoms with Gasteiger partial charge < -0.3 is 9.47 Å². The SMILES string of the molecule is C[C@H](CC#C[Si](C)(C)C)OCC(=O)OC(C)(C)C. The van der Waals surface area contributed by atoms with E-state index in [9.17, 15) is 4.79 Å². The van der Waals surface area contributed by atoms with Crippen molar-refractivity contribution in [3.8, 4) is 11.5 Å². The molecule has 1 atom stereocenters. The Morgan fingerprint density at radius 3 is 2.28 bits per heavy atom. The molecule has 0 fully saturated rings. The molecule has 0 rings (SSSR count). The van der Waals surface area contributed by atoms with Crippen LogP contribution >= 0.6 is 0 Å². The van der Waals surface area contributed by atoms with E-state index in [0.717, 1.165) is 0 Å². The second kappa shape index (κ2) is 6.96. The van der Waals surface area contributed by atoms with Gasteiger partial charge >= 0.3 is 5.97 Å². The predicted octanol–water partition coefficient (Wildman–Crippen LogP) is 3.00. The van der Waals surface area contributed by atoms with Gasteiger partial charge in [0.15, 0.2) is 0 Å². The third-order valence-electron chi connectivity index (χ3n) is 1.76. The van der Waals surface area contributed by atoms with E-state index >= 15 is 0 Å². The van der Waals surface area contributed by atoms with Crippen LogP contribution in [0.5, 0.6) is 0 Å². The summed E-state index contributed by atoms with van der Waals surface area (Å²) in [6, 6.07) is 0. The Hall–Kier alpha value is -0.793. The summed E-state index contributed by atoms with van der Waals surface area (Å²) in [6.45, 7) is 14.0. The molecule has 0 aromatic carbocycles. The average Bonchev–Trinajstić information content (AvgIpc) is 2.09. The Bertz CT molecular complexity index is 326. The number of carbonyl (C=O) groups excluding carboxylic acids is 1. The van der Waals surface area contributed by atoms with Crippen molar-refractivity contribution in [1.29, 1.82) is 0 Å². The van der Waals surface area contributed by atoms with Crippen molar-refractivity contribution in [3.63, 3.8) is 0 Å². The van der Waals surface area contributed by atoms with Crippen LogP contribution in [0, 0.1) is 11.5 Å². The summed E-state index contributed by atoms with van der Waals surface area (Å²) in [5, 5.41) is 0. The highest BCUT2D eigenvalue weighted by Gasteiger charge is 2.17. The number of esters is 1. The third-order valence-corrected chi connectivity index (χ3v) is 2.69. The molecule has 3 nitrogen and oxygen atoms in total. The average molecular weight is 270 g/mol. The molecule has 0 radical (unpaired) electrons. The van der Waals surface area contributed by atoms with Gasteiger partial charge in [-0.3, -0.25) is 0 Å². The van der Waals surface area contributed by atoms with E-state index in [-0.39, 0.29) is 18.7 Å². The highest BCUT2D eigenvalue weighted by Crippen LogP contribution is 2.07. The van der Waals surface area contributed by atoms with E-state index in [1.54, 1.807) is 0 Å². The zero-order chi connectivity index (χ0) is 14.4. The molecule has 0 saturated heterocycles. The number of hydrogen-bond donors (Lipinski definition) is 0. The van der Waals surface area contributed by atoms with Crippen LogP contribution in [0.25, 0.3) is 0 Å². The van der Waals surface area contributed by atoms with Gasteiger partial charge in [0, 0.05) is 6.42 Å². The summed E-state index contributed by atoms with van der Waals surface area (Å²) in [6.07, 6.45) is 0.619. The van der Waals surface area contributed by atoms with Gasteiger partial charge in [0.05, 0.1) is 6.10 Å². The monoisotopic (exact) mass is 270 g/mol. The molecule has 4 heteroatoms. The van der Waals surface area contributed by atoms with E-state index in [4.69, 9.17) is 9.47 Å². The lowest BCUT2D eigenvalue weighted by molar-refractivity contribution is -0.161. The molecule has 0 saturated carbocycles. The van der Waals surface area contributed by atoms with Gasteiger partial charge in [0.2, 0.25) is 0 Å². The van der Waals surface area contributed by atoms with Crippen molar-refractivity contribution in [3.05, 3.63) is 0 Å². The maximum atomic E-state index is 11.4. The molecule has 0 aromatic heterocycles. The Labute approximate surface area is 112 Å². The van der Waals surface area contributed by atoms with Crippen molar-refractivity contribution in [2.75, 3.05) is 6.61 Å². The van der Waals surface area contributed by atoms with Gasteiger partial charge in [-0.25, -0.2) is 4.79 Å². The van der Waals surface area contributed by atoms with Crippen molar-refractivity contribution in [2.24, 2.45) is 0 Å². The van der Waals surface area contributed by atoms with Crippen molar-refractivity contribution in [1.82, 2.24) is 0 Å². The lowest BCUT2D eigenvalue weighted by Gasteiger charge is -2.20. The molecule has 0 aliphatic carbocycles. The van der Waals surface area contributed by atoms with Crippen LogP contribution in [0.15, 0.2) is 0 Å². The molecule has 0 unspecified atom stereocenters. The quantitative estimate of drug-likeness (QED) is 0.447. The normalized spacial score (nSPS) is 13.5. The lowest BCUT2D eigenvalue weighted by Crippen LogP contribution is -2.27. The topological polar surface area (TPSA) is 35.5 Å². The number of rotatable bonds is 4. The van der Waals surface area contributed by atoms with Gasteiger partial charge in [0.25, 0.3) is 0 Å². The zero-order valence-electron chi connectivity index (χ0n) is 12.7. The minimum absolute atomic E-state index is 0.00688. The van der Waals surface area contributed by atoms with Crippen LogP contribution in [0.3, 0.4) is 0 Å². The first kappa shape index (κ1) is 17.2. The highest BCUT2D eigenvalue weighted by atomic mass is 28.3. The first-order chi connectivity index (χ1) is 7.99. The van der Waals surface area contributed by atoms with Gasteiger partial charge in [-0.2, -0.15) is 0 Å². The van der Waals surface area contributed by atoms with Gasteiger partial charge in [-0.1, -0.05) is 19.6 Å². The molecular formula is C14H26O3Si. The maximum absolute atomic E-state index is 11.4. The first-order valence-electron chi connectivity index (χ1n) is 6.33. The fourth-order valence-corrected chi connectivity index (χ4v) is 1.73. The second-order valence-electron chi connectivity index (χ2n) is 6.46. The highest BCUT2D eigenvalue weighted by molar-refractivity contribution is 6.83. The summed E-state index contributed by atoms with van der Waals surface area (Å²) in [5.74, 6) is 2.81. The van der Waals surface area contributed by atoms with Crippen molar-refractivity contribution in [2.45, 2.75) is 65.5 Å². The molecule has 104 valence electrons. The van der Waals surface area contributed by atoms with Gasteiger partial charge in [-0.05, 0) is 27.7 Å². The predicted molar refractivity (Wildman–Crippen MR) is 77.0 cm³/mol. The van der Waals surface area contributed by atoms with E-state index < -0.39 is 13.7 Å². The molecule has 0 N–H and O–H groups in total. The number of carbonyl (C=O) groups is 1. The van der Waals surface area contributed by atoms with E-state index in [0.29, 0.717) is 6.42 Å². The Balaban J connectivity index is 3.93. The number of hydrogen-bond acceptors (Lipinski definition) is 3. The fraction of sp³-hybridized carbons (Fsp3) is 0.786. The minimum atomic E-state index is -1.31. The molecule has 0 aliphatic heterocycles. The number of ether oxygens (including phenoxy) is 2. The van der Waals surface area contributed by atoms with Gasteiger partial charge in [-0.15, -0.1) is 11.5 Å². The summed E-state index contributed by atoms with van der Waals surface area (Å²) in [4.78, 5) is 11.4. The zero-order valence-corrected chi connectivity index (χ0v) is 13.7. The summed E-state index contributed by atoms with van der Waals surface area (Å²) >= 11 is 0. The molecule has 18 heavy (non-hydrogen) atoms. The molecule has 0 aliphatic rings. The maximum Gasteiger partial charge on any atom is 0.332 e. The smallest absolute Gasteiger partial charge is 0.332 e. The van der Waals surface area contributed by atoms with Crippen molar-refractivity contribution >= 4 is 14.0 Å². The van der Waals surface area contributed by atoms with E-state index in [1.807, 2.05) is 27.7 Å². The third kappa shape index (κ3) is 11.7. The molecule has 0 heterocycles. The summed E-state index contributed by atoms with van der Waals surface area (Å²) in [7, 11) is -1.31. The van der Waals surface area contributed by atoms with E-state index in [1.165, 1.54) is 0 Å². The fourth-order valence-electron chi connectivity index (χ4n) is 1.10. The van der Waals surface area contributed by atoms with Crippen LogP contribution in [0.4, 0.5) is 0 Å². The van der Waals surface area contributed by atoms with Gasteiger partial charge in [0.1, 0.15) is 20.3 Å². The van der Waals surface area contributed by atoms with Crippen molar-refractivity contribution < 1.29 is 14.3 Å². The van der Waals surface area contributed by atoms with Crippen LogP contribution in [-0.2, 0) is 14.3 Å². The standard InChI is InChI=1S/C14H26O3Si/c1-12(9-8-10-18(5,6)7)16-11-13(15)17-14(2,3)4/h12H,9,11H2,1-7H3/t12-/m1/s1. The van der Waals surface area contributed by atoms with Crippen LogP contribution in [-0.4, -0.2) is 32.4 Å². The minimum Gasteiger partial charge on any atom is -0.458 e. The van der Waals surface area contributed by atoms with Crippen LogP contribution < -0.4 is 0 Å². The largest absolute Gasteiger partial charge is 0.458 e. The molecule has 0 amide bonds.